The Hall–Kier alpha value is -2.05. The van der Waals surface area contributed by atoms with Crippen LogP contribution in [0.2, 0.25) is 0 Å². The number of para-hydroxylation sites is 1. The fourth-order valence-electron chi connectivity index (χ4n) is 3.91. The standard InChI is InChI=1S/C19H27N5O/c1-14-16-5-3-4-6-17(16)25-18(14)12-22-19(20-2)21-11-15-13-23-7-9-24(15)10-8-23/h3-6,15H,7-13H2,1-2H3,(H2,20,21,22). The number of piperazine rings is 3. The highest BCUT2D eigenvalue weighted by atomic mass is 16.3. The zero-order valence-corrected chi connectivity index (χ0v) is 15.1. The van der Waals surface area contributed by atoms with Gasteiger partial charge in [0.1, 0.15) is 11.3 Å². The second kappa shape index (κ2) is 7.06. The fraction of sp³-hybridized carbons (Fsp3) is 0.526. The third kappa shape index (κ3) is 3.37. The summed E-state index contributed by atoms with van der Waals surface area (Å²) < 4.78 is 5.97. The zero-order chi connectivity index (χ0) is 17.2. The Morgan fingerprint density at radius 2 is 2.00 bits per heavy atom. The number of nitrogens with zero attached hydrogens (tertiary/aromatic N) is 3. The number of hydrogen-bond acceptors (Lipinski definition) is 4. The van der Waals surface area contributed by atoms with Crippen molar-refractivity contribution in [3.8, 4) is 0 Å². The van der Waals surface area contributed by atoms with E-state index in [0.717, 1.165) is 30.4 Å². The van der Waals surface area contributed by atoms with Gasteiger partial charge in [-0.15, -0.1) is 0 Å². The minimum atomic E-state index is 0.578. The van der Waals surface area contributed by atoms with E-state index in [-0.39, 0.29) is 0 Å². The lowest BCUT2D eigenvalue weighted by molar-refractivity contribution is 0.0154. The monoisotopic (exact) mass is 341 g/mol. The van der Waals surface area contributed by atoms with Crippen LogP contribution in [0.5, 0.6) is 0 Å². The first kappa shape index (κ1) is 16.4. The molecule has 6 heteroatoms. The van der Waals surface area contributed by atoms with Gasteiger partial charge in [0.2, 0.25) is 0 Å². The Balaban J connectivity index is 1.33. The Kier molecular flexibility index (Phi) is 4.63. The van der Waals surface area contributed by atoms with Crippen molar-refractivity contribution in [2.75, 3.05) is 46.3 Å². The molecular weight excluding hydrogens is 314 g/mol. The van der Waals surface area contributed by atoms with E-state index in [0.29, 0.717) is 12.6 Å². The van der Waals surface area contributed by atoms with Crippen LogP contribution in [0.3, 0.4) is 0 Å². The van der Waals surface area contributed by atoms with Gasteiger partial charge in [0.25, 0.3) is 0 Å². The highest BCUT2D eigenvalue weighted by Crippen LogP contribution is 2.24. The van der Waals surface area contributed by atoms with E-state index in [2.05, 4.69) is 38.4 Å². The summed E-state index contributed by atoms with van der Waals surface area (Å²) in [6, 6.07) is 8.75. The molecule has 0 aliphatic carbocycles. The molecule has 3 aliphatic heterocycles. The molecule has 1 unspecified atom stereocenters. The Morgan fingerprint density at radius 3 is 2.68 bits per heavy atom. The maximum atomic E-state index is 5.97. The van der Waals surface area contributed by atoms with E-state index >= 15 is 0 Å². The predicted molar refractivity (Wildman–Crippen MR) is 101 cm³/mol. The van der Waals surface area contributed by atoms with Crippen molar-refractivity contribution in [3.63, 3.8) is 0 Å². The van der Waals surface area contributed by atoms with Gasteiger partial charge in [0.05, 0.1) is 6.54 Å². The van der Waals surface area contributed by atoms with Gasteiger partial charge >= 0.3 is 0 Å². The summed E-state index contributed by atoms with van der Waals surface area (Å²) in [4.78, 5) is 9.50. The van der Waals surface area contributed by atoms with Crippen molar-refractivity contribution in [2.24, 2.45) is 4.99 Å². The van der Waals surface area contributed by atoms with E-state index in [9.17, 15) is 0 Å². The van der Waals surface area contributed by atoms with Crippen LogP contribution in [-0.2, 0) is 6.54 Å². The van der Waals surface area contributed by atoms with Gasteiger partial charge in [-0.2, -0.15) is 0 Å². The number of nitrogens with one attached hydrogen (secondary N) is 2. The molecule has 25 heavy (non-hydrogen) atoms. The van der Waals surface area contributed by atoms with Gasteiger partial charge in [-0.1, -0.05) is 18.2 Å². The number of aryl methyl sites for hydroxylation is 1. The second-order valence-corrected chi connectivity index (χ2v) is 6.94. The number of benzene rings is 1. The minimum Gasteiger partial charge on any atom is -0.459 e. The fourth-order valence-corrected chi connectivity index (χ4v) is 3.91. The van der Waals surface area contributed by atoms with Gasteiger partial charge in [0, 0.05) is 63.3 Å². The first-order chi connectivity index (χ1) is 12.2. The lowest BCUT2D eigenvalue weighted by Gasteiger charge is -2.47. The maximum absolute atomic E-state index is 5.97. The molecule has 2 bridgehead atoms. The predicted octanol–water partition coefficient (Wildman–Crippen LogP) is 1.41. The third-order valence-corrected chi connectivity index (χ3v) is 5.48. The van der Waals surface area contributed by atoms with Crippen LogP contribution in [0.15, 0.2) is 33.7 Å². The average molecular weight is 341 g/mol. The van der Waals surface area contributed by atoms with Crippen molar-refractivity contribution in [3.05, 3.63) is 35.6 Å². The van der Waals surface area contributed by atoms with Crippen molar-refractivity contribution in [1.29, 1.82) is 0 Å². The Morgan fingerprint density at radius 1 is 1.20 bits per heavy atom. The molecule has 1 aromatic carbocycles. The smallest absolute Gasteiger partial charge is 0.191 e. The molecular formula is C19H27N5O. The van der Waals surface area contributed by atoms with E-state index < -0.39 is 0 Å². The molecule has 3 saturated heterocycles. The number of aliphatic imine (C=N–C) groups is 1. The zero-order valence-electron chi connectivity index (χ0n) is 15.1. The molecule has 1 aromatic heterocycles. The average Bonchev–Trinajstić information content (AvgIpc) is 2.99. The molecule has 2 N–H and O–H groups in total. The van der Waals surface area contributed by atoms with Crippen LogP contribution in [0.1, 0.15) is 11.3 Å². The maximum Gasteiger partial charge on any atom is 0.191 e. The number of hydrogen-bond donors (Lipinski definition) is 2. The van der Waals surface area contributed by atoms with Crippen LogP contribution in [0, 0.1) is 6.92 Å². The number of guanidine groups is 1. The first-order valence-corrected chi connectivity index (χ1v) is 9.12. The summed E-state index contributed by atoms with van der Waals surface area (Å²) in [6.07, 6.45) is 0. The van der Waals surface area contributed by atoms with Crippen LogP contribution in [-0.4, -0.2) is 68.1 Å². The third-order valence-electron chi connectivity index (χ3n) is 5.48. The van der Waals surface area contributed by atoms with E-state index in [1.807, 2.05) is 25.2 Å². The largest absolute Gasteiger partial charge is 0.459 e. The summed E-state index contributed by atoms with van der Waals surface area (Å²) in [5.74, 6) is 1.80. The normalized spacial score (nSPS) is 26.2. The molecule has 0 radical (unpaired) electrons. The van der Waals surface area contributed by atoms with Crippen LogP contribution in [0.25, 0.3) is 11.0 Å². The van der Waals surface area contributed by atoms with E-state index in [4.69, 9.17) is 4.42 Å². The van der Waals surface area contributed by atoms with Gasteiger partial charge < -0.3 is 15.1 Å². The highest BCUT2D eigenvalue weighted by Gasteiger charge is 2.31. The van der Waals surface area contributed by atoms with Crippen molar-refractivity contribution < 1.29 is 4.42 Å². The molecule has 3 aliphatic rings. The summed E-state index contributed by atoms with van der Waals surface area (Å²) in [5.41, 5.74) is 2.14. The molecule has 0 saturated carbocycles. The molecule has 6 nitrogen and oxygen atoms in total. The van der Waals surface area contributed by atoms with Crippen LogP contribution < -0.4 is 10.6 Å². The number of furan rings is 1. The van der Waals surface area contributed by atoms with Gasteiger partial charge in [0.15, 0.2) is 5.96 Å². The van der Waals surface area contributed by atoms with Crippen LogP contribution in [0.4, 0.5) is 0 Å². The quantitative estimate of drug-likeness (QED) is 0.650. The topological polar surface area (TPSA) is 56.0 Å². The molecule has 5 rings (SSSR count). The van der Waals surface area contributed by atoms with E-state index in [1.165, 1.54) is 37.1 Å². The Bertz CT molecular complexity index is 760. The summed E-state index contributed by atoms with van der Waals surface area (Å²) in [6.45, 7) is 9.65. The SMILES string of the molecule is CN=C(NCc1oc2ccccc2c1C)NCC1CN2CCN1CC2. The molecule has 4 heterocycles. The van der Waals surface area contributed by atoms with E-state index in [1.54, 1.807) is 0 Å². The molecule has 134 valence electrons. The molecule has 3 fully saturated rings. The van der Waals surface area contributed by atoms with Gasteiger partial charge in [-0.25, -0.2) is 0 Å². The van der Waals surface area contributed by atoms with Gasteiger partial charge in [-0.05, 0) is 13.0 Å². The molecule has 0 amide bonds. The molecule has 2 aromatic rings. The summed E-state index contributed by atoms with van der Waals surface area (Å²) in [5, 5.41) is 8.04. The van der Waals surface area contributed by atoms with Crippen molar-refractivity contribution in [2.45, 2.75) is 19.5 Å². The lowest BCUT2D eigenvalue weighted by atomic mass is 10.1. The summed E-state index contributed by atoms with van der Waals surface area (Å²) in [7, 11) is 1.82. The number of rotatable bonds is 4. The Labute approximate surface area is 148 Å². The molecule has 1 atom stereocenters. The van der Waals surface area contributed by atoms with Crippen LogP contribution >= 0.6 is 0 Å². The summed E-state index contributed by atoms with van der Waals surface area (Å²) >= 11 is 0. The second-order valence-electron chi connectivity index (χ2n) is 6.94. The minimum absolute atomic E-state index is 0.578. The first-order valence-electron chi connectivity index (χ1n) is 9.12. The number of fused-ring (bicyclic) bond motifs is 4. The molecule has 0 spiro atoms. The van der Waals surface area contributed by atoms with Crippen molar-refractivity contribution >= 4 is 16.9 Å². The highest BCUT2D eigenvalue weighted by molar-refractivity contribution is 5.82. The van der Waals surface area contributed by atoms with Gasteiger partial charge in [-0.3, -0.25) is 14.8 Å². The van der Waals surface area contributed by atoms with Crippen molar-refractivity contribution in [1.82, 2.24) is 20.4 Å². The lowest BCUT2D eigenvalue weighted by Crippen LogP contribution is -2.63.